The second kappa shape index (κ2) is 7.71. The number of hydrogen-bond acceptors (Lipinski definition) is 7. The minimum absolute atomic E-state index is 0.00209. The number of ether oxygens (including phenoxy) is 2. The van der Waals surface area contributed by atoms with Crippen molar-refractivity contribution in [2.75, 3.05) is 32.3 Å². The number of rotatable bonds is 6. The number of esters is 1. The van der Waals surface area contributed by atoms with E-state index in [-0.39, 0.29) is 40.2 Å². The number of sulfonamides is 1. The van der Waals surface area contributed by atoms with Crippen LogP contribution in [0.2, 0.25) is 0 Å². The highest BCUT2D eigenvalue weighted by molar-refractivity contribution is 7.91. The van der Waals surface area contributed by atoms with Crippen molar-refractivity contribution in [2.45, 2.75) is 17.7 Å². The van der Waals surface area contributed by atoms with Gasteiger partial charge in [-0.25, -0.2) is 26.4 Å². The Morgan fingerprint density at radius 2 is 1.92 bits per heavy atom. The van der Waals surface area contributed by atoms with E-state index in [1.54, 1.807) is 0 Å². The number of sulfone groups is 1. The molecule has 1 aliphatic heterocycles. The molecule has 2 rings (SSSR count). The van der Waals surface area contributed by atoms with Gasteiger partial charge in [-0.15, -0.1) is 0 Å². The highest BCUT2D eigenvalue weighted by atomic mass is 32.2. The molecule has 25 heavy (non-hydrogen) atoms. The van der Waals surface area contributed by atoms with Gasteiger partial charge in [0.05, 0.1) is 30.1 Å². The topological polar surface area (TPSA) is 116 Å². The summed E-state index contributed by atoms with van der Waals surface area (Å²) in [6.07, 6.45) is 1.00. The Labute approximate surface area is 147 Å². The molecule has 0 atom stereocenters. The molecule has 0 unspecified atom stereocenters. The predicted molar refractivity (Wildman–Crippen MR) is 90.9 cm³/mol. The van der Waals surface area contributed by atoms with Crippen molar-refractivity contribution >= 4 is 25.8 Å². The average molecular weight is 391 g/mol. The van der Waals surface area contributed by atoms with Gasteiger partial charge in [-0.05, 0) is 44.0 Å². The summed E-state index contributed by atoms with van der Waals surface area (Å²) in [5.41, 5.74) is 0.00209. The zero-order valence-corrected chi connectivity index (χ0v) is 15.7. The van der Waals surface area contributed by atoms with E-state index in [1.807, 2.05) is 0 Å². The average Bonchev–Trinajstić information content (AvgIpc) is 2.60. The number of benzene rings is 1. The molecular weight excluding hydrogens is 370 g/mol. The molecule has 0 saturated carbocycles. The lowest BCUT2D eigenvalue weighted by molar-refractivity contribution is 0.0594. The fraction of sp³-hybridized carbons (Fsp3) is 0.533. The highest BCUT2D eigenvalue weighted by Gasteiger charge is 2.25. The first kappa shape index (κ1) is 19.7. The maximum atomic E-state index is 11.9. The summed E-state index contributed by atoms with van der Waals surface area (Å²) in [7, 11) is -4.20. The van der Waals surface area contributed by atoms with Crippen LogP contribution in [0.4, 0.5) is 0 Å². The van der Waals surface area contributed by atoms with E-state index < -0.39 is 25.8 Å². The van der Waals surface area contributed by atoms with Gasteiger partial charge in [0.25, 0.3) is 0 Å². The Hall–Kier alpha value is -1.65. The van der Waals surface area contributed by atoms with Crippen LogP contribution in [-0.4, -0.2) is 55.1 Å². The number of carbonyl (C=O) groups excluding carboxylic acids is 1. The Morgan fingerprint density at radius 3 is 2.48 bits per heavy atom. The molecule has 1 saturated heterocycles. The molecule has 0 aromatic heterocycles. The van der Waals surface area contributed by atoms with Crippen molar-refractivity contribution in [1.82, 2.24) is 4.72 Å². The molecule has 1 aliphatic rings. The summed E-state index contributed by atoms with van der Waals surface area (Å²) in [5.74, 6) is -0.187. The summed E-state index contributed by atoms with van der Waals surface area (Å²) in [6, 6.07) is 3.92. The quantitative estimate of drug-likeness (QED) is 0.705. The first-order valence-electron chi connectivity index (χ1n) is 7.67. The van der Waals surface area contributed by atoms with Gasteiger partial charge in [-0.3, -0.25) is 0 Å². The summed E-state index contributed by atoms with van der Waals surface area (Å²) in [5, 5.41) is 0. The van der Waals surface area contributed by atoms with Crippen LogP contribution >= 0.6 is 0 Å². The van der Waals surface area contributed by atoms with E-state index in [0.717, 1.165) is 0 Å². The van der Waals surface area contributed by atoms with Crippen LogP contribution in [-0.2, 0) is 24.6 Å². The second-order valence-electron chi connectivity index (χ2n) is 5.76. The van der Waals surface area contributed by atoms with Crippen molar-refractivity contribution < 1.29 is 31.1 Å². The Morgan fingerprint density at radius 1 is 1.28 bits per heavy atom. The molecule has 0 bridgehead atoms. The Kier molecular flexibility index (Phi) is 6.07. The fourth-order valence-corrected chi connectivity index (χ4v) is 4.85. The molecule has 0 aliphatic carbocycles. The third kappa shape index (κ3) is 4.93. The highest BCUT2D eigenvalue weighted by Crippen LogP contribution is 2.26. The van der Waals surface area contributed by atoms with Crippen LogP contribution < -0.4 is 9.46 Å². The molecule has 1 fully saturated rings. The molecule has 140 valence electrons. The van der Waals surface area contributed by atoms with E-state index in [1.165, 1.54) is 32.4 Å². The molecule has 1 aromatic carbocycles. The lowest BCUT2D eigenvalue weighted by Crippen LogP contribution is -2.27. The third-order valence-corrected chi connectivity index (χ3v) is 7.21. The second-order valence-corrected chi connectivity index (χ2v) is 9.95. The normalized spacial score (nSPS) is 17.8. The predicted octanol–water partition coefficient (Wildman–Crippen LogP) is 0.585. The minimum Gasteiger partial charge on any atom is -0.492 e. The molecule has 1 N–H and O–H groups in total. The fourth-order valence-electron chi connectivity index (χ4n) is 2.50. The van der Waals surface area contributed by atoms with Crippen LogP contribution in [0.15, 0.2) is 23.1 Å². The van der Waals surface area contributed by atoms with Gasteiger partial charge >= 0.3 is 5.97 Å². The SMILES string of the molecule is CNS(=O)(=O)c1ccc(OCC2CCS(=O)(=O)CC2)c(C(=O)OC)c1. The molecule has 0 radical (unpaired) electrons. The molecule has 0 amide bonds. The first-order chi connectivity index (χ1) is 11.7. The van der Waals surface area contributed by atoms with Crippen LogP contribution in [0.1, 0.15) is 23.2 Å². The lowest BCUT2D eigenvalue weighted by atomic mass is 10.0. The molecule has 8 nitrogen and oxygen atoms in total. The summed E-state index contributed by atoms with van der Waals surface area (Å²) in [6.45, 7) is 0.248. The standard InChI is InChI=1S/C15H21NO7S2/c1-16-25(20,21)12-3-4-14(13(9-12)15(17)22-2)23-10-11-5-7-24(18,19)8-6-11/h3-4,9,11,16H,5-8,10H2,1-2H3. The van der Waals surface area contributed by atoms with Crippen molar-refractivity contribution in [2.24, 2.45) is 5.92 Å². The van der Waals surface area contributed by atoms with E-state index in [0.29, 0.717) is 12.8 Å². The van der Waals surface area contributed by atoms with Crippen LogP contribution in [0, 0.1) is 5.92 Å². The zero-order valence-electron chi connectivity index (χ0n) is 14.0. The van der Waals surface area contributed by atoms with E-state index in [9.17, 15) is 21.6 Å². The van der Waals surface area contributed by atoms with Crippen LogP contribution in [0.25, 0.3) is 0 Å². The molecule has 0 spiro atoms. The van der Waals surface area contributed by atoms with Gasteiger partial charge in [0.1, 0.15) is 21.2 Å². The van der Waals surface area contributed by atoms with Crippen LogP contribution in [0.3, 0.4) is 0 Å². The molecular formula is C15H21NO7S2. The molecule has 1 heterocycles. The number of nitrogens with one attached hydrogen (secondary N) is 1. The van der Waals surface area contributed by atoms with Gasteiger partial charge in [-0.2, -0.15) is 0 Å². The Balaban J connectivity index is 2.18. The van der Waals surface area contributed by atoms with E-state index in [4.69, 9.17) is 4.74 Å². The zero-order chi connectivity index (χ0) is 18.7. The maximum absolute atomic E-state index is 11.9. The number of hydrogen-bond donors (Lipinski definition) is 1. The van der Waals surface area contributed by atoms with Gasteiger partial charge in [0.15, 0.2) is 0 Å². The van der Waals surface area contributed by atoms with Crippen molar-refractivity contribution in [3.63, 3.8) is 0 Å². The summed E-state index contributed by atoms with van der Waals surface area (Å²) < 4.78 is 59.2. The van der Waals surface area contributed by atoms with Crippen LogP contribution in [0.5, 0.6) is 5.75 Å². The lowest BCUT2D eigenvalue weighted by Gasteiger charge is -2.22. The van der Waals surface area contributed by atoms with Crippen molar-refractivity contribution in [3.8, 4) is 5.75 Å². The third-order valence-electron chi connectivity index (χ3n) is 4.08. The van der Waals surface area contributed by atoms with Gasteiger partial charge < -0.3 is 9.47 Å². The number of methoxy groups -OCH3 is 1. The van der Waals surface area contributed by atoms with Crippen molar-refractivity contribution in [3.05, 3.63) is 23.8 Å². The monoisotopic (exact) mass is 391 g/mol. The maximum Gasteiger partial charge on any atom is 0.341 e. The van der Waals surface area contributed by atoms with E-state index >= 15 is 0 Å². The minimum atomic E-state index is -3.71. The molecule has 10 heteroatoms. The van der Waals surface area contributed by atoms with Gasteiger partial charge in [0.2, 0.25) is 10.0 Å². The van der Waals surface area contributed by atoms with E-state index in [2.05, 4.69) is 9.46 Å². The van der Waals surface area contributed by atoms with Crippen molar-refractivity contribution in [1.29, 1.82) is 0 Å². The van der Waals surface area contributed by atoms with Gasteiger partial charge in [-0.1, -0.05) is 0 Å². The molecule has 1 aromatic rings. The first-order valence-corrected chi connectivity index (χ1v) is 11.0. The summed E-state index contributed by atoms with van der Waals surface area (Å²) >= 11 is 0. The Bertz CT molecular complexity index is 833. The summed E-state index contributed by atoms with van der Waals surface area (Å²) in [4.78, 5) is 11.9. The smallest absolute Gasteiger partial charge is 0.341 e. The largest absolute Gasteiger partial charge is 0.492 e. The van der Waals surface area contributed by atoms with Gasteiger partial charge in [0, 0.05) is 0 Å². The number of carbonyl (C=O) groups is 1.